The van der Waals surface area contributed by atoms with Crippen molar-refractivity contribution in [2.24, 2.45) is 4.99 Å². The second-order valence-corrected chi connectivity index (χ2v) is 5.14. The minimum Gasteiger partial charge on any atom is -0.508 e. The quantitative estimate of drug-likeness (QED) is 0.739. The van der Waals surface area contributed by atoms with Crippen molar-refractivity contribution in [3.8, 4) is 11.5 Å². The SMILES string of the molecule is O=C(O)C(Cc1ccc(O)cc1)N=Cc1cc(Cl)ccc1O. The Labute approximate surface area is 132 Å². The Hall–Kier alpha value is -2.53. The Bertz CT molecular complexity index is 698. The molecule has 1 unspecified atom stereocenters. The summed E-state index contributed by atoms with van der Waals surface area (Å²) >= 11 is 5.83. The van der Waals surface area contributed by atoms with Gasteiger partial charge in [0.1, 0.15) is 11.5 Å². The van der Waals surface area contributed by atoms with Gasteiger partial charge in [-0.15, -0.1) is 0 Å². The Kier molecular flexibility index (Phi) is 5.01. The molecule has 0 saturated heterocycles. The minimum absolute atomic E-state index is 0.0260. The summed E-state index contributed by atoms with van der Waals surface area (Å²) in [7, 11) is 0. The molecule has 0 spiro atoms. The number of carboxylic acid groups (broad SMARTS) is 1. The van der Waals surface area contributed by atoms with Crippen molar-refractivity contribution in [1.29, 1.82) is 0 Å². The monoisotopic (exact) mass is 319 g/mol. The first-order valence-corrected chi connectivity index (χ1v) is 6.86. The fraction of sp³-hybridized carbons (Fsp3) is 0.125. The van der Waals surface area contributed by atoms with Crippen molar-refractivity contribution in [3.05, 3.63) is 58.6 Å². The van der Waals surface area contributed by atoms with Gasteiger partial charge >= 0.3 is 5.97 Å². The summed E-state index contributed by atoms with van der Waals surface area (Å²) in [6.45, 7) is 0. The second kappa shape index (κ2) is 6.95. The zero-order valence-corrected chi connectivity index (χ0v) is 12.2. The van der Waals surface area contributed by atoms with E-state index in [0.717, 1.165) is 5.56 Å². The number of rotatable bonds is 5. The van der Waals surface area contributed by atoms with Gasteiger partial charge in [-0.1, -0.05) is 23.7 Å². The van der Waals surface area contributed by atoms with Crippen LogP contribution in [-0.4, -0.2) is 33.5 Å². The zero-order valence-electron chi connectivity index (χ0n) is 11.5. The second-order valence-electron chi connectivity index (χ2n) is 4.71. The number of aromatic hydroxyl groups is 2. The first-order valence-electron chi connectivity index (χ1n) is 6.48. The smallest absolute Gasteiger partial charge is 0.328 e. The van der Waals surface area contributed by atoms with Gasteiger partial charge in [0.05, 0.1) is 0 Å². The minimum atomic E-state index is -1.08. The standard InChI is InChI=1S/C16H14ClNO4/c17-12-3-6-15(20)11(8-12)9-18-14(16(21)22)7-10-1-4-13(19)5-2-10/h1-6,8-9,14,19-20H,7H2,(H,21,22). The van der Waals surface area contributed by atoms with Gasteiger partial charge < -0.3 is 15.3 Å². The summed E-state index contributed by atoms with van der Waals surface area (Å²) in [5.74, 6) is -0.990. The van der Waals surface area contributed by atoms with E-state index in [4.69, 9.17) is 11.6 Å². The molecule has 2 aromatic carbocycles. The van der Waals surface area contributed by atoms with Crippen molar-refractivity contribution < 1.29 is 20.1 Å². The largest absolute Gasteiger partial charge is 0.508 e. The molecule has 0 aromatic heterocycles. The van der Waals surface area contributed by atoms with Crippen LogP contribution < -0.4 is 0 Å². The molecule has 0 radical (unpaired) electrons. The van der Waals surface area contributed by atoms with Gasteiger partial charge in [0.15, 0.2) is 6.04 Å². The predicted octanol–water partition coefficient (Wildman–Crippen LogP) is 2.87. The maximum Gasteiger partial charge on any atom is 0.328 e. The number of phenolic OH excluding ortho intramolecular Hbond substituents is 2. The Balaban J connectivity index is 2.18. The van der Waals surface area contributed by atoms with E-state index < -0.39 is 12.0 Å². The molecule has 0 heterocycles. The normalized spacial score (nSPS) is 12.4. The van der Waals surface area contributed by atoms with E-state index in [1.165, 1.54) is 36.5 Å². The third-order valence-electron chi connectivity index (χ3n) is 3.03. The number of aliphatic carboxylic acids is 1. The lowest BCUT2D eigenvalue weighted by atomic mass is 10.1. The van der Waals surface area contributed by atoms with Gasteiger partial charge in [-0.3, -0.25) is 4.99 Å². The highest BCUT2D eigenvalue weighted by molar-refractivity contribution is 6.30. The molecule has 5 nitrogen and oxygen atoms in total. The van der Waals surface area contributed by atoms with Crippen molar-refractivity contribution in [2.45, 2.75) is 12.5 Å². The summed E-state index contributed by atoms with van der Waals surface area (Å²) < 4.78 is 0. The van der Waals surface area contributed by atoms with E-state index in [0.29, 0.717) is 10.6 Å². The highest BCUT2D eigenvalue weighted by Gasteiger charge is 2.16. The van der Waals surface area contributed by atoms with Crippen LogP contribution in [0.2, 0.25) is 5.02 Å². The molecule has 0 bridgehead atoms. The topological polar surface area (TPSA) is 90.1 Å². The van der Waals surface area contributed by atoms with Gasteiger partial charge in [0.2, 0.25) is 0 Å². The molecule has 0 fully saturated rings. The maximum absolute atomic E-state index is 11.3. The van der Waals surface area contributed by atoms with E-state index in [-0.39, 0.29) is 17.9 Å². The molecule has 0 amide bonds. The summed E-state index contributed by atoms with van der Waals surface area (Å²) in [4.78, 5) is 15.3. The van der Waals surface area contributed by atoms with Gasteiger partial charge in [0, 0.05) is 23.2 Å². The molecule has 0 aliphatic heterocycles. The Morgan fingerprint density at radius 1 is 1.18 bits per heavy atom. The molecular formula is C16H14ClNO4. The molecule has 6 heteroatoms. The van der Waals surface area contributed by atoms with Gasteiger partial charge in [-0.2, -0.15) is 0 Å². The van der Waals surface area contributed by atoms with Crippen LogP contribution in [0.1, 0.15) is 11.1 Å². The molecule has 114 valence electrons. The molecule has 22 heavy (non-hydrogen) atoms. The molecule has 2 aromatic rings. The fourth-order valence-electron chi connectivity index (χ4n) is 1.86. The number of hydrogen-bond acceptors (Lipinski definition) is 4. The van der Waals surface area contributed by atoms with Crippen LogP contribution in [0.15, 0.2) is 47.5 Å². The summed E-state index contributed by atoms with van der Waals surface area (Å²) in [6.07, 6.45) is 1.47. The fourth-order valence-corrected chi connectivity index (χ4v) is 2.04. The first-order chi connectivity index (χ1) is 10.5. The Morgan fingerprint density at radius 2 is 1.86 bits per heavy atom. The van der Waals surface area contributed by atoms with Gasteiger partial charge in [-0.05, 0) is 35.9 Å². The number of carboxylic acids is 1. The van der Waals surface area contributed by atoms with Crippen LogP contribution in [-0.2, 0) is 11.2 Å². The van der Waals surface area contributed by atoms with Gasteiger partial charge in [0.25, 0.3) is 0 Å². The third-order valence-corrected chi connectivity index (χ3v) is 3.27. The van der Waals surface area contributed by atoms with Crippen LogP contribution in [0, 0.1) is 0 Å². The van der Waals surface area contributed by atoms with Crippen molar-refractivity contribution in [3.63, 3.8) is 0 Å². The average molecular weight is 320 g/mol. The number of carbonyl (C=O) groups is 1. The lowest BCUT2D eigenvalue weighted by Crippen LogP contribution is -2.20. The number of benzene rings is 2. The van der Waals surface area contributed by atoms with Gasteiger partial charge in [-0.25, -0.2) is 4.79 Å². The highest BCUT2D eigenvalue weighted by atomic mass is 35.5. The lowest BCUT2D eigenvalue weighted by Gasteiger charge is -2.08. The third kappa shape index (κ3) is 4.23. The number of nitrogens with zero attached hydrogens (tertiary/aromatic N) is 1. The van der Waals surface area contributed by atoms with E-state index >= 15 is 0 Å². The van der Waals surface area contributed by atoms with Crippen molar-refractivity contribution >= 4 is 23.8 Å². The maximum atomic E-state index is 11.3. The summed E-state index contributed by atoms with van der Waals surface area (Å²) in [5, 5.41) is 28.6. The lowest BCUT2D eigenvalue weighted by molar-refractivity contribution is -0.138. The van der Waals surface area contributed by atoms with Crippen LogP contribution in [0.4, 0.5) is 0 Å². The average Bonchev–Trinajstić information content (AvgIpc) is 2.48. The first kappa shape index (κ1) is 15.9. The van der Waals surface area contributed by atoms with Crippen LogP contribution in [0.5, 0.6) is 11.5 Å². The molecule has 1 atom stereocenters. The highest BCUT2D eigenvalue weighted by Crippen LogP contribution is 2.20. The number of aliphatic imine (C=N–C) groups is 1. The molecule has 0 aliphatic rings. The van der Waals surface area contributed by atoms with Crippen molar-refractivity contribution in [2.75, 3.05) is 0 Å². The predicted molar refractivity (Wildman–Crippen MR) is 83.9 cm³/mol. The van der Waals surface area contributed by atoms with Crippen LogP contribution in [0.25, 0.3) is 0 Å². The van der Waals surface area contributed by atoms with Crippen molar-refractivity contribution in [1.82, 2.24) is 0 Å². The number of hydrogen-bond donors (Lipinski definition) is 3. The van der Waals surface area contributed by atoms with Crippen LogP contribution >= 0.6 is 11.6 Å². The van der Waals surface area contributed by atoms with E-state index in [2.05, 4.69) is 4.99 Å². The van der Waals surface area contributed by atoms with E-state index in [1.54, 1.807) is 12.1 Å². The summed E-state index contributed by atoms with van der Waals surface area (Å²) in [6, 6.07) is 9.69. The van der Waals surface area contributed by atoms with E-state index in [1.807, 2.05) is 0 Å². The molecule has 2 rings (SSSR count). The zero-order chi connectivity index (χ0) is 16.1. The number of halogens is 1. The molecule has 0 aliphatic carbocycles. The molecule has 3 N–H and O–H groups in total. The van der Waals surface area contributed by atoms with Crippen LogP contribution in [0.3, 0.4) is 0 Å². The molecular weight excluding hydrogens is 306 g/mol. The van der Waals surface area contributed by atoms with E-state index in [9.17, 15) is 20.1 Å². The summed E-state index contributed by atoms with van der Waals surface area (Å²) in [5.41, 5.74) is 1.09. The Morgan fingerprint density at radius 3 is 2.50 bits per heavy atom. The molecule has 0 saturated carbocycles. The number of phenols is 2.